The van der Waals surface area contributed by atoms with Gasteiger partial charge in [-0.05, 0) is 69.2 Å². The van der Waals surface area contributed by atoms with Crippen LogP contribution >= 0.6 is 0 Å². The van der Waals surface area contributed by atoms with E-state index < -0.39 is 55.1 Å². The van der Waals surface area contributed by atoms with Crippen molar-refractivity contribution in [3.05, 3.63) is 64.7 Å². The number of para-hydroxylation sites is 1. The van der Waals surface area contributed by atoms with E-state index in [1.165, 1.54) is 6.07 Å². The van der Waals surface area contributed by atoms with Gasteiger partial charge in [0.15, 0.2) is 5.82 Å². The Balaban J connectivity index is 0.000000745. The SMILES string of the molecule is CCCNC(=O)c1ccc(C)c(-c2nc(NCCCN(CC)CC)nc3c2CNC(=O)N3c2c(F)cccc2F)c1.O.O=S(=O)(O)CCS(=O)(=O)O. The molecule has 1 aliphatic heterocycles. The molecule has 0 fully saturated rings. The van der Waals surface area contributed by atoms with Crippen LogP contribution in [0.15, 0.2) is 36.4 Å². The molecule has 0 radical (unpaired) electrons. The summed E-state index contributed by atoms with van der Waals surface area (Å²) in [6, 6.07) is 8.04. The van der Waals surface area contributed by atoms with Crippen molar-refractivity contribution in [3.8, 4) is 11.3 Å². The first-order valence-electron chi connectivity index (χ1n) is 16.2. The van der Waals surface area contributed by atoms with Gasteiger partial charge in [0.1, 0.15) is 17.3 Å². The monoisotopic (exact) mass is 773 g/mol. The number of fused-ring (bicyclic) bond motifs is 1. The van der Waals surface area contributed by atoms with E-state index in [9.17, 15) is 35.2 Å². The molecule has 3 amide bonds. The molecule has 0 saturated heterocycles. The first-order valence-corrected chi connectivity index (χ1v) is 19.4. The molecule has 0 saturated carbocycles. The van der Waals surface area contributed by atoms with Crippen molar-refractivity contribution in [2.45, 2.75) is 47.1 Å². The average molecular weight is 774 g/mol. The summed E-state index contributed by atoms with van der Waals surface area (Å²) in [7, 11) is -8.59. The van der Waals surface area contributed by atoms with Gasteiger partial charge in [0, 0.05) is 29.8 Å². The van der Waals surface area contributed by atoms with E-state index >= 15 is 0 Å². The third-order valence-electron chi connectivity index (χ3n) is 7.70. The second kappa shape index (κ2) is 19.5. The molecule has 16 nitrogen and oxygen atoms in total. The number of hydrogen-bond donors (Lipinski definition) is 5. The Kier molecular flexibility index (Phi) is 16.4. The average Bonchev–Trinajstić information content (AvgIpc) is 3.07. The van der Waals surface area contributed by atoms with Crippen molar-refractivity contribution in [3.63, 3.8) is 0 Å². The van der Waals surface area contributed by atoms with Crippen molar-refractivity contribution >= 4 is 49.6 Å². The van der Waals surface area contributed by atoms with Crippen molar-refractivity contribution in [1.29, 1.82) is 0 Å². The number of nitrogens with one attached hydrogen (secondary N) is 3. The number of nitrogens with zero attached hydrogens (tertiary/aromatic N) is 4. The van der Waals surface area contributed by atoms with E-state index in [1.807, 2.05) is 19.9 Å². The molecule has 4 rings (SSSR count). The highest BCUT2D eigenvalue weighted by Crippen LogP contribution is 2.39. The molecule has 288 valence electrons. The minimum atomic E-state index is -4.30. The van der Waals surface area contributed by atoms with Gasteiger partial charge >= 0.3 is 6.03 Å². The first-order chi connectivity index (χ1) is 24.0. The van der Waals surface area contributed by atoms with Crippen LogP contribution in [0.25, 0.3) is 11.3 Å². The number of carbonyl (C=O) groups is 2. The van der Waals surface area contributed by atoms with Gasteiger partial charge in [-0.15, -0.1) is 0 Å². The van der Waals surface area contributed by atoms with Crippen LogP contribution in [-0.4, -0.2) is 102 Å². The number of rotatable bonds is 15. The summed E-state index contributed by atoms with van der Waals surface area (Å²) in [4.78, 5) is 38.5. The molecule has 0 bridgehead atoms. The van der Waals surface area contributed by atoms with Crippen molar-refractivity contribution in [2.24, 2.45) is 0 Å². The lowest BCUT2D eigenvalue weighted by atomic mass is 9.97. The normalized spacial score (nSPS) is 12.6. The standard InChI is InChI=1S/C30H37F2N7O2.C2H6O6S2.H2O/c1-5-14-33-28(40)20-13-12-19(4)21(17-20)25-22-18-35-30(41)39(26-23(31)10-8-11-24(26)32)27(22)37-29(36-25)34-15-9-16-38(6-2)7-3;3-9(4,5)1-2-10(6,7)8;/h8,10-13,17H,5-7,9,14-16,18H2,1-4H3,(H,33,40)(H,35,41)(H,34,36,37);1-2H2,(H,3,4,5)(H,6,7,8);1H2. The van der Waals surface area contributed by atoms with Crippen LogP contribution in [0.5, 0.6) is 0 Å². The molecule has 0 spiro atoms. The van der Waals surface area contributed by atoms with Crippen molar-refractivity contribution < 1.29 is 49.8 Å². The lowest BCUT2D eigenvalue weighted by molar-refractivity contribution is 0.0953. The largest absolute Gasteiger partial charge is 0.412 e. The van der Waals surface area contributed by atoms with Crippen LogP contribution < -0.4 is 20.9 Å². The molecule has 0 aliphatic carbocycles. The number of urea groups is 1. The first kappa shape index (κ1) is 43.8. The van der Waals surface area contributed by atoms with Crippen LogP contribution in [0, 0.1) is 18.6 Å². The molecular formula is C32H45F2N7O9S2. The van der Waals surface area contributed by atoms with Gasteiger partial charge in [0.25, 0.3) is 26.1 Å². The number of amides is 3. The third-order valence-corrected chi connectivity index (χ3v) is 9.39. The zero-order chi connectivity index (χ0) is 37.9. The molecule has 3 aromatic rings. The summed E-state index contributed by atoms with van der Waals surface area (Å²) >= 11 is 0. The van der Waals surface area contributed by atoms with Gasteiger partial charge in [0.05, 0.1) is 23.7 Å². The highest BCUT2D eigenvalue weighted by molar-refractivity contribution is 7.89. The maximum Gasteiger partial charge on any atom is 0.328 e. The molecular weight excluding hydrogens is 729 g/mol. The number of aromatic nitrogens is 2. The maximum atomic E-state index is 15.0. The van der Waals surface area contributed by atoms with Crippen LogP contribution in [0.3, 0.4) is 0 Å². The van der Waals surface area contributed by atoms with Crippen LogP contribution in [0.1, 0.15) is 55.1 Å². The van der Waals surface area contributed by atoms with E-state index in [1.54, 1.807) is 12.1 Å². The van der Waals surface area contributed by atoms with Crippen LogP contribution in [0.4, 0.5) is 31.0 Å². The van der Waals surface area contributed by atoms with Gasteiger partial charge in [-0.3, -0.25) is 13.9 Å². The molecule has 0 atom stereocenters. The van der Waals surface area contributed by atoms with E-state index in [2.05, 4.69) is 39.7 Å². The summed E-state index contributed by atoms with van der Waals surface area (Å²) in [6.45, 7) is 12.0. The Bertz CT molecular complexity index is 1880. The number of aryl methyl sites for hydroxylation is 1. The second-order valence-corrected chi connectivity index (χ2v) is 14.6. The number of halogens is 2. The fourth-order valence-electron chi connectivity index (χ4n) is 4.98. The summed E-state index contributed by atoms with van der Waals surface area (Å²) in [5.41, 5.74) is 2.38. The van der Waals surface area contributed by atoms with Crippen LogP contribution in [0.2, 0.25) is 0 Å². The maximum absolute atomic E-state index is 15.0. The highest BCUT2D eigenvalue weighted by atomic mass is 32.2. The van der Waals surface area contributed by atoms with Gasteiger partial charge < -0.3 is 26.3 Å². The summed E-state index contributed by atoms with van der Waals surface area (Å²) in [6.07, 6.45) is 1.62. The molecule has 20 heteroatoms. The minimum Gasteiger partial charge on any atom is -0.412 e. The topological polar surface area (TPSA) is 243 Å². The molecule has 7 N–H and O–H groups in total. The Morgan fingerprint density at radius 3 is 2.15 bits per heavy atom. The van der Waals surface area contributed by atoms with Gasteiger partial charge in [-0.1, -0.05) is 32.9 Å². The van der Waals surface area contributed by atoms with Crippen molar-refractivity contribution in [2.75, 3.05) is 54.4 Å². The predicted molar refractivity (Wildman–Crippen MR) is 193 cm³/mol. The number of anilines is 3. The highest BCUT2D eigenvalue weighted by Gasteiger charge is 2.34. The number of carbonyl (C=O) groups excluding carboxylic acids is 2. The van der Waals surface area contributed by atoms with Crippen molar-refractivity contribution in [1.82, 2.24) is 25.5 Å². The smallest absolute Gasteiger partial charge is 0.328 e. The lowest BCUT2D eigenvalue weighted by Crippen LogP contribution is -2.43. The molecule has 2 aromatic carbocycles. The quantitative estimate of drug-likeness (QED) is 0.110. The Hall–Kier alpha value is -4.34. The lowest BCUT2D eigenvalue weighted by Gasteiger charge is -2.31. The molecule has 2 heterocycles. The summed E-state index contributed by atoms with van der Waals surface area (Å²) < 4.78 is 85.3. The van der Waals surface area contributed by atoms with E-state index in [0.717, 1.165) is 55.1 Å². The number of benzene rings is 2. The van der Waals surface area contributed by atoms with Gasteiger partial charge in [-0.2, -0.15) is 21.8 Å². The zero-order valence-electron chi connectivity index (χ0n) is 29.2. The molecule has 52 heavy (non-hydrogen) atoms. The van der Waals surface area contributed by atoms with Gasteiger partial charge in [-0.25, -0.2) is 23.5 Å². The summed E-state index contributed by atoms with van der Waals surface area (Å²) in [5, 5.41) is 8.82. The fourth-order valence-corrected chi connectivity index (χ4v) is 6.67. The molecule has 0 unspecified atom stereocenters. The fraction of sp³-hybridized carbons (Fsp3) is 0.438. The predicted octanol–water partition coefficient (Wildman–Crippen LogP) is 3.31. The van der Waals surface area contributed by atoms with E-state index in [-0.39, 0.29) is 29.7 Å². The Morgan fingerprint density at radius 2 is 1.60 bits per heavy atom. The Morgan fingerprint density at radius 1 is 0.981 bits per heavy atom. The second-order valence-electron chi connectivity index (χ2n) is 11.4. The van der Waals surface area contributed by atoms with Gasteiger partial charge in [0.2, 0.25) is 5.95 Å². The Labute approximate surface area is 301 Å². The minimum absolute atomic E-state index is 0. The van der Waals surface area contributed by atoms with E-state index in [4.69, 9.17) is 14.1 Å². The number of hydrogen-bond acceptors (Lipinski definition) is 10. The zero-order valence-corrected chi connectivity index (χ0v) is 30.9. The molecule has 1 aliphatic rings. The summed E-state index contributed by atoms with van der Waals surface area (Å²) in [5.74, 6) is -3.67. The molecule has 1 aromatic heterocycles. The van der Waals surface area contributed by atoms with E-state index in [0.29, 0.717) is 35.5 Å². The van der Waals surface area contributed by atoms with Crippen LogP contribution in [-0.2, 0) is 26.8 Å². The third kappa shape index (κ3) is 12.4.